The zero-order chi connectivity index (χ0) is 45.3. The molecule has 0 fully saturated rings. The van der Waals surface area contributed by atoms with Crippen molar-refractivity contribution in [2.24, 2.45) is 0 Å². The Balaban J connectivity index is 0.944. The molecule has 0 saturated heterocycles. The fourth-order valence-electron chi connectivity index (χ4n) is 12.8. The summed E-state index contributed by atoms with van der Waals surface area (Å²) in [5.74, 6) is 0. The van der Waals surface area contributed by atoms with Gasteiger partial charge < -0.3 is 17.6 Å². The van der Waals surface area contributed by atoms with E-state index in [0.717, 1.165) is 43.9 Å². The van der Waals surface area contributed by atoms with Gasteiger partial charge in [0.2, 0.25) is 0 Å². The first-order valence-corrected chi connectivity index (χ1v) is 24.1. The number of benzene rings is 11. The van der Waals surface area contributed by atoms with Crippen LogP contribution < -0.4 is 0 Å². The molecule has 0 spiro atoms. The van der Waals surface area contributed by atoms with Crippen molar-refractivity contribution in [2.75, 3.05) is 0 Å². The van der Waals surface area contributed by atoms with Crippen LogP contribution in [0.15, 0.2) is 227 Å². The molecule has 0 saturated carbocycles. The Kier molecular flexibility index (Phi) is 6.92. The van der Waals surface area contributed by atoms with Crippen LogP contribution in [0.3, 0.4) is 0 Å². The van der Waals surface area contributed by atoms with Gasteiger partial charge in [0.1, 0.15) is 22.3 Å². The topological polar surface area (TPSA) is 35.1 Å². The molecule has 322 valence electrons. The van der Waals surface area contributed by atoms with Crippen molar-refractivity contribution >= 4 is 120 Å². The number of nitrogens with zero attached hydrogens (tertiary/aromatic N) is 2. The van der Waals surface area contributed by atoms with Crippen LogP contribution in [-0.2, 0) is 0 Å². The molecule has 4 nitrogen and oxygen atoms in total. The number of aromatic nitrogens is 2. The number of para-hydroxylation sites is 4. The first kappa shape index (κ1) is 36.7. The van der Waals surface area contributed by atoms with Crippen molar-refractivity contribution in [3.8, 4) is 44.5 Å². The van der Waals surface area contributed by atoms with Crippen molar-refractivity contribution in [3.63, 3.8) is 0 Å². The predicted molar refractivity (Wildman–Crippen MR) is 292 cm³/mol. The SMILES string of the molecule is c1ccc(-c2cccc3oc4ccccc4c23)c(-c2ccc3c4c5c6ccccc6n6c7cc(-c8ccccc8-c8cccc9oc%10ccccc%10c89)ccc7c(c7c8ccccc8n(c3c2)c74)c56)c1. The van der Waals surface area contributed by atoms with Gasteiger partial charge in [-0.2, -0.15) is 0 Å². The predicted octanol–water partition coefficient (Wildman–Crippen LogP) is 18.5. The van der Waals surface area contributed by atoms with E-state index < -0.39 is 0 Å². The van der Waals surface area contributed by atoms with Gasteiger partial charge in [-0.05, 0) is 93.0 Å². The second-order valence-electron chi connectivity index (χ2n) is 19.0. The van der Waals surface area contributed by atoms with E-state index in [1.165, 1.54) is 121 Å². The van der Waals surface area contributed by atoms with Crippen LogP contribution in [0.5, 0.6) is 0 Å². The molecule has 0 radical (unpaired) electrons. The van der Waals surface area contributed by atoms with Crippen molar-refractivity contribution < 1.29 is 8.83 Å². The Morgan fingerprint density at radius 3 is 1.03 bits per heavy atom. The Morgan fingerprint density at radius 2 is 0.571 bits per heavy atom. The largest absolute Gasteiger partial charge is 0.456 e. The van der Waals surface area contributed by atoms with Crippen molar-refractivity contribution in [1.29, 1.82) is 0 Å². The molecule has 0 atom stereocenters. The highest BCUT2D eigenvalue weighted by atomic mass is 16.3. The molecule has 0 unspecified atom stereocenters. The lowest BCUT2D eigenvalue weighted by molar-refractivity contribution is 0.668. The van der Waals surface area contributed by atoms with E-state index in [9.17, 15) is 0 Å². The minimum Gasteiger partial charge on any atom is -0.456 e. The number of rotatable bonds is 4. The van der Waals surface area contributed by atoms with E-state index in [4.69, 9.17) is 8.83 Å². The summed E-state index contributed by atoms with van der Waals surface area (Å²) in [4.78, 5) is 0. The van der Waals surface area contributed by atoms with E-state index >= 15 is 0 Å². The summed E-state index contributed by atoms with van der Waals surface area (Å²) >= 11 is 0. The Hall–Kier alpha value is -9.38. The molecule has 0 aliphatic carbocycles. The average Bonchev–Trinajstić information content (AvgIpc) is 4.27. The van der Waals surface area contributed by atoms with Gasteiger partial charge in [-0.3, -0.25) is 0 Å². The summed E-state index contributed by atoms with van der Waals surface area (Å²) in [7, 11) is 0. The molecule has 70 heavy (non-hydrogen) atoms. The second kappa shape index (κ2) is 13.2. The maximum Gasteiger partial charge on any atom is 0.136 e. The maximum atomic E-state index is 6.39. The third-order valence-corrected chi connectivity index (χ3v) is 15.6. The Morgan fingerprint density at radius 1 is 0.229 bits per heavy atom. The highest BCUT2D eigenvalue weighted by Gasteiger charge is 2.29. The lowest BCUT2D eigenvalue weighted by Gasteiger charge is -2.12. The lowest BCUT2D eigenvalue weighted by Crippen LogP contribution is -1.87. The molecule has 0 N–H and O–H groups in total. The second-order valence-corrected chi connectivity index (χ2v) is 19.0. The Labute approximate surface area is 398 Å². The molecule has 11 aromatic carbocycles. The summed E-state index contributed by atoms with van der Waals surface area (Å²) in [6, 6.07) is 79.7. The smallest absolute Gasteiger partial charge is 0.136 e. The molecule has 6 heterocycles. The minimum absolute atomic E-state index is 0.902. The third kappa shape index (κ3) is 4.56. The number of fused-ring (bicyclic) bond motifs is 20. The maximum absolute atomic E-state index is 6.39. The summed E-state index contributed by atoms with van der Waals surface area (Å²) in [6.07, 6.45) is 0. The van der Waals surface area contributed by atoms with Crippen molar-refractivity contribution in [1.82, 2.24) is 8.80 Å². The fourth-order valence-corrected chi connectivity index (χ4v) is 12.8. The van der Waals surface area contributed by atoms with Gasteiger partial charge in [0.25, 0.3) is 0 Å². The first-order valence-electron chi connectivity index (χ1n) is 24.1. The Bertz CT molecular complexity index is 4760. The summed E-state index contributed by atoms with van der Waals surface area (Å²) in [5, 5.41) is 14.9. The first-order chi connectivity index (χ1) is 34.8. The number of hydrogen-bond acceptors (Lipinski definition) is 2. The van der Waals surface area contributed by atoms with E-state index in [0.29, 0.717) is 0 Å². The van der Waals surface area contributed by atoms with Crippen LogP contribution in [0.4, 0.5) is 0 Å². The standard InChI is InChI=1S/C66H36N2O2/c1-3-17-41(43-23-13-29-57-59(43)49-21-7-11-27-55(49)69-57)39(15-1)37-31-33-47-53(35-37)67-51-25-9-5-19-45(51)62-64-48-34-32-38(36-54(48)68-52-26-10-6-20-46(52)61(66(64)68)63(47)65(62)67)40-16-2-4-18-42(40)44-24-14-30-58-60(44)50-22-8-12-28-56(50)70-58/h1-36H. The molecule has 0 amide bonds. The van der Waals surface area contributed by atoms with Crippen LogP contribution in [0.25, 0.3) is 165 Å². The molecule has 0 aliphatic rings. The molecule has 17 rings (SSSR count). The molecule has 4 heteroatoms. The van der Waals surface area contributed by atoms with Gasteiger partial charge in [0, 0.05) is 64.6 Å². The average molecular weight is 889 g/mol. The van der Waals surface area contributed by atoms with Gasteiger partial charge in [-0.1, -0.05) is 170 Å². The quantitative estimate of drug-likeness (QED) is 0.176. The molecule has 0 aliphatic heterocycles. The normalized spacial score (nSPS) is 12.6. The third-order valence-electron chi connectivity index (χ3n) is 15.6. The molecule has 6 aromatic heterocycles. The van der Waals surface area contributed by atoms with Crippen LogP contribution >= 0.6 is 0 Å². The highest BCUT2D eigenvalue weighted by Crippen LogP contribution is 2.53. The summed E-state index contributed by atoms with van der Waals surface area (Å²) in [6.45, 7) is 0. The van der Waals surface area contributed by atoms with Gasteiger partial charge in [0.15, 0.2) is 0 Å². The molecule has 17 aromatic rings. The van der Waals surface area contributed by atoms with E-state index in [-0.39, 0.29) is 0 Å². The van der Waals surface area contributed by atoms with Gasteiger partial charge in [-0.25, -0.2) is 0 Å². The van der Waals surface area contributed by atoms with Crippen molar-refractivity contribution in [3.05, 3.63) is 218 Å². The van der Waals surface area contributed by atoms with E-state index in [1.54, 1.807) is 0 Å². The number of furan rings is 2. The van der Waals surface area contributed by atoms with Gasteiger partial charge in [0.05, 0.1) is 33.1 Å². The van der Waals surface area contributed by atoms with Crippen LogP contribution in [-0.4, -0.2) is 8.80 Å². The van der Waals surface area contributed by atoms with Crippen LogP contribution in [0, 0.1) is 0 Å². The molecular weight excluding hydrogens is 853 g/mol. The summed E-state index contributed by atoms with van der Waals surface area (Å²) < 4.78 is 17.9. The van der Waals surface area contributed by atoms with E-state index in [2.05, 4.69) is 215 Å². The number of hydrogen-bond donors (Lipinski definition) is 0. The fraction of sp³-hybridized carbons (Fsp3) is 0. The van der Waals surface area contributed by atoms with Crippen LogP contribution in [0.2, 0.25) is 0 Å². The zero-order valence-corrected chi connectivity index (χ0v) is 37.5. The minimum atomic E-state index is 0.902. The lowest BCUT2D eigenvalue weighted by atomic mass is 9.91. The molecular formula is C66H36N2O2. The zero-order valence-electron chi connectivity index (χ0n) is 37.5. The van der Waals surface area contributed by atoms with Crippen LogP contribution in [0.1, 0.15) is 0 Å². The van der Waals surface area contributed by atoms with Gasteiger partial charge >= 0.3 is 0 Å². The molecule has 0 bridgehead atoms. The monoisotopic (exact) mass is 888 g/mol. The van der Waals surface area contributed by atoms with Gasteiger partial charge in [-0.15, -0.1) is 0 Å². The summed E-state index contributed by atoms with van der Waals surface area (Å²) in [5.41, 5.74) is 20.5. The highest BCUT2D eigenvalue weighted by molar-refractivity contribution is 6.45. The van der Waals surface area contributed by atoms with Crippen molar-refractivity contribution in [2.45, 2.75) is 0 Å². The van der Waals surface area contributed by atoms with E-state index in [1.807, 2.05) is 12.1 Å².